The third-order valence-electron chi connectivity index (χ3n) is 2.82. The molecule has 0 amide bonds. The standard InChI is InChI=1S/C16H16BrClO2/c1-11(19)10-20-15-5-2-12(3-6-15)8-13-9-14(17)4-7-16(13)18/h2-7,9,11,19H,8,10H2,1H3. The maximum absolute atomic E-state index is 9.18. The Kier molecular flexibility index (Phi) is 5.46. The van der Waals surface area contributed by atoms with E-state index in [9.17, 15) is 5.11 Å². The third-order valence-corrected chi connectivity index (χ3v) is 3.68. The van der Waals surface area contributed by atoms with Crippen LogP contribution in [0.2, 0.25) is 5.02 Å². The molecule has 0 heterocycles. The van der Waals surface area contributed by atoms with Crippen molar-refractivity contribution in [2.75, 3.05) is 6.61 Å². The van der Waals surface area contributed by atoms with Gasteiger partial charge < -0.3 is 9.84 Å². The van der Waals surface area contributed by atoms with Crippen molar-refractivity contribution in [2.24, 2.45) is 0 Å². The zero-order valence-electron chi connectivity index (χ0n) is 11.1. The lowest BCUT2D eigenvalue weighted by molar-refractivity contribution is 0.122. The maximum Gasteiger partial charge on any atom is 0.119 e. The summed E-state index contributed by atoms with van der Waals surface area (Å²) >= 11 is 9.64. The van der Waals surface area contributed by atoms with Gasteiger partial charge in [0.15, 0.2) is 0 Å². The molecular formula is C16H16BrClO2. The van der Waals surface area contributed by atoms with Gasteiger partial charge in [-0.1, -0.05) is 39.7 Å². The molecule has 0 saturated heterocycles. The lowest BCUT2D eigenvalue weighted by Gasteiger charge is -2.09. The first kappa shape index (κ1) is 15.4. The van der Waals surface area contributed by atoms with Gasteiger partial charge in [0.2, 0.25) is 0 Å². The zero-order valence-corrected chi connectivity index (χ0v) is 13.5. The summed E-state index contributed by atoms with van der Waals surface area (Å²) < 4.78 is 6.45. The molecule has 0 bridgehead atoms. The van der Waals surface area contributed by atoms with Crippen LogP contribution in [0, 0.1) is 0 Å². The van der Waals surface area contributed by atoms with Gasteiger partial charge in [0, 0.05) is 9.50 Å². The normalized spacial score (nSPS) is 12.2. The van der Waals surface area contributed by atoms with Gasteiger partial charge in [-0.2, -0.15) is 0 Å². The molecule has 0 aliphatic heterocycles. The zero-order chi connectivity index (χ0) is 14.5. The van der Waals surface area contributed by atoms with E-state index in [2.05, 4.69) is 15.9 Å². The van der Waals surface area contributed by atoms with Crippen LogP contribution in [0.25, 0.3) is 0 Å². The summed E-state index contributed by atoms with van der Waals surface area (Å²) in [5.41, 5.74) is 2.24. The van der Waals surface area contributed by atoms with Crippen LogP contribution in [0.4, 0.5) is 0 Å². The van der Waals surface area contributed by atoms with Crippen LogP contribution in [-0.2, 0) is 6.42 Å². The molecule has 1 unspecified atom stereocenters. The lowest BCUT2D eigenvalue weighted by Crippen LogP contribution is -2.12. The van der Waals surface area contributed by atoms with Gasteiger partial charge in [-0.15, -0.1) is 0 Å². The molecule has 0 saturated carbocycles. The second-order valence-electron chi connectivity index (χ2n) is 4.72. The first-order chi connectivity index (χ1) is 9.54. The number of halogens is 2. The Morgan fingerprint density at radius 1 is 1.20 bits per heavy atom. The lowest BCUT2D eigenvalue weighted by atomic mass is 10.1. The van der Waals surface area contributed by atoms with Gasteiger partial charge in [-0.3, -0.25) is 0 Å². The van der Waals surface area contributed by atoms with Crippen molar-refractivity contribution in [2.45, 2.75) is 19.4 Å². The van der Waals surface area contributed by atoms with Gasteiger partial charge in [0.25, 0.3) is 0 Å². The summed E-state index contributed by atoms with van der Waals surface area (Å²) in [5.74, 6) is 0.759. The first-order valence-corrected chi connectivity index (χ1v) is 7.55. The van der Waals surface area contributed by atoms with E-state index in [0.717, 1.165) is 32.8 Å². The Balaban J connectivity index is 2.05. The average Bonchev–Trinajstić information content (AvgIpc) is 2.42. The van der Waals surface area contributed by atoms with Crippen LogP contribution < -0.4 is 4.74 Å². The Hall–Kier alpha value is -1.03. The van der Waals surface area contributed by atoms with Gasteiger partial charge >= 0.3 is 0 Å². The monoisotopic (exact) mass is 354 g/mol. The molecule has 2 aromatic rings. The molecule has 106 valence electrons. The minimum atomic E-state index is -0.463. The fourth-order valence-electron chi connectivity index (χ4n) is 1.82. The SMILES string of the molecule is CC(O)COc1ccc(Cc2cc(Br)ccc2Cl)cc1. The smallest absolute Gasteiger partial charge is 0.119 e. The predicted molar refractivity (Wildman–Crippen MR) is 85.6 cm³/mol. The summed E-state index contributed by atoms with van der Waals surface area (Å²) in [6.07, 6.45) is 0.310. The summed E-state index contributed by atoms with van der Waals surface area (Å²) in [4.78, 5) is 0. The van der Waals surface area contributed by atoms with Crippen molar-refractivity contribution in [3.63, 3.8) is 0 Å². The van der Waals surface area contributed by atoms with Crippen LogP contribution >= 0.6 is 27.5 Å². The Bertz CT molecular complexity index is 567. The van der Waals surface area contributed by atoms with E-state index in [0.29, 0.717) is 6.61 Å². The molecule has 2 rings (SSSR count). The van der Waals surface area contributed by atoms with Gasteiger partial charge in [-0.05, 0) is 54.8 Å². The number of hydrogen-bond acceptors (Lipinski definition) is 2. The number of benzene rings is 2. The van der Waals surface area contributed by atoms with E-state index < -0.39 is 6.10 Å². The Morgan fingerprint density at radius 2 is 1.90 bits per heavy atom. The summed E-state index contributed by atoms with van der Waals surface area (Å²) in [5, 5.41) is 9.94. The molecule has 0 fully saturated rings. The molecular weight excluding hydrogens is 340 g/mol. The molecule has 0 spiro atoms. The van der Waals surface area contributed by atoms with Crippen LogP contribution in [0.5, 0.6) is 5.75 Å². The van der Waals surface area contributed by atoms with E-state index >= 15 is 0 Å². The Morgan fingerprint density at radius 3 is 2.55 bits per heavy atom. The Labute approximate surface area is 132 Å². The highest BCUT2D eigenvalue weighted by Crippen LogP contribution is 2.24. The molecule has 2 nitrogen and oxygen atoms in total. The van der Waals surface area contributed by atoms with Crippen LogP contribution in [-0.4, -0.2) is 17.8 Å². The number of aliphatic hydroxyl groups is 1. The first-order valence-electron chi connectivity index (χ1n) is 6.38. The van der Waals surface area contributed by atoms with Gasteiger partial charge in [-0.25, -0.2) is 0 Å². The molecule has 0 aliphatic carbocycles. The summed E-state index contributed by atoms with van der Waals surface area (Å²) in [7, 11) is 0. The van der Waals surface area contributed by atoms with Crippen molar-refractivity contribution in [1.29, 1.82) is 0 Å². The van der Waals surface area contributed by atoms with Crippen molar-refractivity contribution in [1.82, 2.24) is 0 Å². The second kappa shape index (κ2) is 7.11. The van der Waals surface area contributed by atoms with Crippen LogP contribution in [0.15, 0.2) is 46.9 Å². The second-order valence-corrected chi connectivity index (χ2v) is 6.04. The molecule has 20 heavy (non-hydrogen) atoms. The fourth-order valence-corrected chi connectivity index (χ4v) is 2.41. The highest BCUT2D eigenvalue weighted by molar-refractivity contribution is 9.10. The number of ether oxygens (including phenoxy) is 1. The molecule has 0 radical (unpaired) electrons. The largest absolute Gasteiger partial charge is 0.491 e. The van der Waals surface area contributed by atoms with Gasteiger partial charge in [0.05, 0.1) is 6.10 Å². The highest BCUT2D eigenvalue weighted by atomic mass is 79.9. The van der Waals surface area contributed by atoms with Crippen molar-refractivity contribution in [3.8, 4) is 5.75 Å². The van der Waals surface area contributed by atoms with Gasteiger partial charge in [0.1, 0.15) is 12.4 Å². The van der Waals surface area contributed by atoms with E-state index in [1.807, 2.05) is 42.5 Å². The predicted octanol–water partition coefficient (Wildman–Crippen LogP) is 4.45. The quantitative estimate of drug-likeness (QED) is 0.858. The minimum Gasteiger partial charge on any atom is -0.491 e. The molecule has 0 aliphatic rings. The van der Waals surface area contributed by atoms with E-state index in [1.54, 1.807) is 6.92 Å². The third kappa shape index (κ3) is 4.51. The van der Waals surface area contributed by atoms with Crippen molar-refractivity contribution < 1.29 is 9.84 Å². The van der Waals surface area contributed by atoms with Crippen molar-refractivity contribution in [3.05, 3.63) is 63.1 Å². The summed E-state index contributed by atoms with van der Waals surface area (Å²) in [6.45, 7) is 2.00. The molecule has 4 heteroatoms. The van der Waals surface area contributed by atoms with E-state index in [4.69, 9.17) is 16.3 Å². The summed E-state index contributed by atoms with van der Waals surface area (Å²) in [6, 6.07) is 13.7. The topological polar surface area (TPSA) is 29.5 Å². The van der Waals surface area contributed by atoms with Crippen molar-refractivity contribution >= 4 is 27.5 Å². The van der Waals surface area contributed by atoms with Crippen LogP contribution in [0.3, 0.4) is 0 Å². The van der Waals surface area contributed by atoms with Crippen LogP contribution in [0.1, 0.15) is 18.1 Å². The number of rotatable bonds is 5. The van der Waals surface area contributed by atoms with E-state index in [1.165, 1.54) is 0 Å². The molecule has 1 N–H and O–H groups in total. The number of hydrogen-bond donors (Lipinski definition) is 1. The average molecular weight is 356 g/mol. The molecule has 0 aromatic heterocycles. The highest BCUT2D eigenvalue weighted by Gasteiger charge is 2.04. The fraction of sp³-hybridized carbons (Fsp3) is 0.250. The van der Waals surface area contributed by atoms with E-state index in [-0.39, 0.29) is 0 Å². The molecule has 1 atom stereocenters. The number of aliphatic hydroxyl groups excluding tert-OH is 1. The molecule has 2 aromatic carbocycles. The minimum absolute atomic E-state index is 0.302. The maximum atomic E-state index is 9.18.